The first kappa shape index (κ1) is 22.1. The van der Waals surface area contributed by atoms with Gasteiger partial charge in [-0.05, 0) is 53.6 Å². The van der Waals surface area contributed by atoms with Gasteiger partial charge in [-0.2, -0.15) is 26.3 Å². The molecule has 0 fully saturated rings. The zero-order valence-corrected chi connectivity index (χ0v) is 15.7. The van der Waals surface area contributed by atoms with Gasteiger partial charge in [-0.3, -0.25) is 4.79 Å². The van der Waals surface area contributed by atoms with E-state index in [0.717, 1.165) is 30.0 Å². The Hall–Kier alpha value is -2.16. The number of hydrogen-bond donors (Lipinski definition) is 0. The van der Waals surface area contributed by atoms with Crippen LogP contribution in [0.4, 0.5) is 26.3 Å². The molecule has 0 aliphatic heterocycles. The van der Waals surface area contributed by atoms with Crippen LogP contribution in [-0.4, -0.2) is 19.3 Å². The lowest BCUT2D eigenvalue weighted by atomic mass is 9.93. The molecule has 0 amide bonds. The molecule has 152 valence electrons. The number of rotatable bonds is 5. The SMILES string of the molecule is COC(=O)CCc1ccc(C(F)(F)F)cc1-c1ccc(SC)c(C(F)(F)F)c1. The van der Waals surface area contributed by atoms with Crippen LogP contribution in [0.1, 0.15) is 23.1 Å². The molecule has 2 rings (SSSR count). The minimum Gasteiger partial charge on any atom is -0.469 e. The number of methoxy groups -OCH3 is 1. The van der Waals surface area contributed by atoms with E-state index in [1.807, 2.05) is 0 Å². The van der Waals surface area contributed by atoms with Crippen molar-refractivity contribution < 1.29 is 35.9 Å². The van der Waals surface area contributed by atoms with Crippen molar-refractivity contribution >= 4 is 17.7 Å². The smallest absolute Gasteiger partial charge is 0.417 e. The third kappa shape index (κ3) is 5.21. The summed E-state index contributed by atoms with van der Waals surface area (Å²) in [5.41, 5.74) is -1.59. The number of carbonyl (C=O) groups excluding carboxylic acids is 1. The van der Waals surface area contributed by atoms with Crippen molar-refractivity contribution in [2.24, 2.45) is 0 Å². The predicted molar refractivity (Wildman–Crippen MR) is 94.0 cm³/mol. The van der Waals surface area contributed by atoms with E-state index in [2.05, 4.69) is 4.74 Å². The summed E-state index contributed by atoms with van der Waals surface area (Å²) in [6.45, 7) is 0. The van der Waals surface area contributed by atoms with E-state index in [1.165, 1.54) is 31.6 Å². The standard InChI is InChI=1S/C19H16F6O2S/c1-27-17(26)8-5-11-3-6-13(18(20,21)22)10-14(11)12-4-7-16(28-2)15(9-12)19(23,24)25/h3-4,6-7,9-10H,5,8H2,1-2H3. The van der Waals surface area contributed by atoms with Crippen LogP contribution in [-0.2, 0) is 28.3 Å². The topological polar surface area (TPSA) is 26.3 Å². The molecule has 2 nitrogen and oxygen atoms in total. The number of ether oxygens (including phenoxy) is 1. The van der Waals surface area contributed by atoms with Gasteiger partial charge in [0.2, 0.25) is 0 Å². The summed E-state index contributed by atoms with van der Waals surface area (Å²) in [6.07, 6.45) is -7.89. The van der Waals surface area contributed by atoms with Crippen LogP contribution >= 0.6 is 11.8 Å². The second-order valence-electron chi connectivity index (χ2n) is 5.86. The molecule has 0 aliphatic rings. The van der Waals surface area contributed by atoms with Gasteiger partial charge in [0.05, 0.1) is 18.2 Å². The van der Waals surface area contributed by atoms with Gasteiger partial charge in [0, 0.05) is 11.3 Å². The van der Waals surface area contributed by atoms with Crippen molar-refractivity contribution in [3.8, 4) is 11.1 Å². The molecule has 0 aromatic heterocycles. The molecule has 0 saturated heterocycles. The van der Waals surface area contributed by atoms with Gasteiger partial charge in [-0.1, -0.05) is 12.1 Å². The van der Waals surface area contributed by atoms with Crippen molar-refractivity contribution in [1.82, 2.24) is 0 Å². The largest absolute Gasteiger partial charge is 0.469 e. The van der Waals surface area contributed by atoms with Crippen LogP contribution in [0.2, 0.25) is 0 Å². The fourth-order valence-electron chi connectivity index (χ4n) is 2.68. The number of hydrogen-bond acceptors (Lipinski definition) is 3. The highest BCUT2D eigenvalue weighted by atomic mass is 32.2. The second-order valence-corrected chi connectivity index (χ2v) is 6.71. The molecular formula is C19H16F6O2S. The number of alkyl halides is 6. The maximum Gasteiger partial charge on any atom is 0.417 e. The van der Waals surface area contributed by atoms with Gasteiger partial charge in [0.25, 0.3) is 0 Å². The fraction of sp³-hybridized carbons (Fsp3) is 0.316. The molecule has 0 unspecified atom stereocenters. The summed E-state index contributed by atoms with van der Waals surface area (Å²) < 4.78 is 83.9. The van der Waals surface area contributed by atoms with E-state index in [1.54, 1.807) is 0 Å². The monoisotopic (exact) mass is 422 g/mol. The van der Waals surface area contributed by atoms with Crippen molar-refractivity contribution in [3.63, 3.8) is 0 Å². The van der Waals surface area contributed by atoms with Gasteiger partial charge in [0.1, 0.15) is 0 Å². The first-order valence-corrected chi connectivity index (χ1v) is 9.22. The highest BCUT2D eigenvalue weighted by Crippen LogP contribution is 2.40. The van der Waals surface area contributed by atoms with Crippen LogP contribution in [0.5, 0.6) is 0 Å². The highest BCUT2D eigenvalue weighted by molar-refractivity contribution is 7.98. The Kier molecular flexibility index (Phi) is 6.69. The highest BCUT2D eigenvalue weighted by Gasteiger charge is 2.34. The molecule has 2 aromatic rings. The van der Waals surface area contributed by atoms with E-state index < -0.39 is 29.4 Å². The van der Waals surface area contributed by atoms with Crippen molar-refractivity contribution in [3.05, 3.63) is 53.1 Å². The Bertz CT molecular complexity index is 858. The van der Waals surface area contributed by atoms with Crippen molar-refractivity contribution in [1.29, 1.82) is 0 Å². The molecule has 0 saturated carbocycles. The summed E-state index contributed by atoms with van der Waals surface area (Å²) >= 11 is 0.894. The Labute approximate surface area is 161 Å². The van der Waals surface area contributed by atoms with Crippen molar-refractivity contribution in [2.75, 3.05) is 13.4 Å². The van der Waals surface area contributed by atoms with Crippen LogP contribution in [0.15, 0.2) is 41.3 Å². The summed E-state index contributed by atoms with van der Waals surface area (Å²) in [5.74, 6) is -0.570. The first-order chi connectivity index (χ1) is 13.0. The molecule has 0 heterocycles. The lowest BCUT2D eigenvalue weighted by Gasteiger charge is -2.17. The van der Waals surface area contributed by atoms with E-state index in [9.17, 15) is 31.1 Å². The molecule has 9 heteroatoms. The lowest BCUT2D eigenvalue weighted by molar-refractivity contribution is -0.141. The summed E-state index contributed by atoms with van der Waals surface area (Å²) in [5, 5.41) is 0. The predicted octanol–water partition coefficient (Wildman–Crippen LogP) is 6.22. The average molecular weight is 422 g/mol. The molecule has 28 heavy (non-hydrogen) atoms. The van der Waals surface area contributed by atoms with E-state index >= 15 is 0 Å². The lowest BCUT2D eigenvalue weighted by Crippen LogP contribution is -2.09. The molecule has 0 aliphatic carbocycles. The van der Waals surface area contributed by atoms with Crippen LogP contribution in [0, 0.1) is 0 Å². The number of carbonyl (C=O) groups is 1. The molecule has 2 aromatic carbocycles. The van der Waals surface area contributed by atoms with Gasteiger partial charge in [-0.25, -0.2) is 0 Å². The first-order valence-electron chi connectivity index (χ1n) is 8.00. The Morgan fingerprint density at radius 3 is 2.21 bits per heavy atom. The van der Waals surface area contributed by atoms with E-state index in [4.69, 9.17) is 0 Å². The molecule has 0 bridgehead atoms. The zero-order valence-electron chi connectivity index (χ0n) is 14.9. The molecule has 0 radical (unpaired) electrons. The number of aryl methyl sites for hydroxylation is 1. The van der Waals surface area contributed by atoms with E-state index in [-0.39, 0.29) is 28.9 Å². The molecule has 0 atom stereocenters. The minimum atomic E-state index is -4.65. The number of esters is 1. The number of halogens is 6. The minimum absolute atomic E-state index is 0.00289. The van der Waals surface area contributed by atoms with E-state index in [0.29, 0.717) is 5.56 Å². The zero-order chi connectivity index (χ0) is 21.1. The average Bonchev–Trinajstić information content (AvgIpc) is 2.63. The fourth-order valence-corrected chi connectivity index (χ4v) is 3.27. The normalized spacial score (nSPS) is 12.1. The maximum atomic E-state index is 13.3. The Morgan fingerprint density at radius 1 is 1.00 bits per heavy atom. The summed E-state index contributed by atoms with van der Waals surface area (Å²) in [6, 6.07) is 6.24. The van der Waals surface area contributed by atoms with Crippen molar-refractivity contribution in [2.45, 2.75) is 30.1 Å². The Balaban J connectivity index is 2.62. The summed E-state index contributed by atoms with van der Waals surface area (Å²) in [4.78, 5) is 11.3. The van der Waals surface area contributed by atoms with Gasteiger partial charge in [0.15, 0.2) is 0 Å². The van der Waals surface area contributed by atoms with Crippen LogP contribution < -0.4 is 0 Å². The van der Waals surface area contributed by atoms with Crippen LogP contribution in [0.3, 0.4) is 0 Å². The van der Waals surface area contributed by atoms with Gasteiger partial charge < -0.3 is 4.74 Å². The molecular weight excluding hydrogens is 406 g/mol. The third-order valence-electron chi connectivity index (χ3n) is 4.08. The molecule has 0 spiro atoms. The molecule has 0 N–H and O–H groups in total. The Morgan fingerprint density at radius 2 is 1.68 bits per heavy atom. The van der Waals surface area contributed by atoms with Crippen LogP contribution in [0.25, 0.3) is 11.1 Å². The maximum absolute atomic E-state index is 13.3. The number of thioether (sulfide) groups is 1. The third-order valence-corrected chi connectivity index (χ3v) is 4.88. The van der Waals surface area contributed by atoms with Gasteiger partial charge >= 0.3 is 18.3 Å². The van der Waals surface area contributed by atoms with Gasteiger partial charge in [-0.15, -0.1) is 11.8 Å². The quantitative estimate of drug-likeness (QED) is 0.325. The second kappa shape index (κ2) is 8.46. The number of benzene rings is 2. The summed E-state index contributed by atoms with van der Waals surface area (Å²) in [7, 11) is 1.17.